The second-order valence-corrected chi connectivity index (χ2v) is 21.2. The Kier molecular flexibility index (Phi) is 23.9. The van der Waals surface area contributed by atoms with Crippen LogP contribution >= 0.6 is 0 Å². The number of rotatable bonds is 16. The van der Waals surface area contributed by atoms with Gasteiger partial charge in [-0.25, -0.2) is 52.7 Å². The minimum absolute atomic E-state index is 0.115. The van der Waals surface area contributed by atoms with Gasteiger partial charge in [0, 0.05) is 59.0 Å². The van der Waals surface area contributed by atoms with Gasteiger partial charge in [0.05, 0.1) is 26.9 Å². The summed E-state index contributed by atoms with van der Waals surface area (Å²) in [4.78, 5) is 146. The lowest BCUT2D eigenvalue weighted by atomic mass is 9.73. The molecule has 28 heteroatoms. The van der Waals surface area contributed by atoms with E-state index in [4.69, 9.17) is 56.8 Å². The van der Waals surface area contributed by atoms with Gasteiger partial charge in [0.2, 0.25) is 12.2 Å². The van der Waals surface area contributed by atoms with Crippen molar-refractivity contribution in [2.75, 3.05) is 40.1 Å². The molecule has 5 aliphatic heterocycles. The highest BCUT2D eigenvalue weighted by Crippen LogP contribution is 2.63. The average Bonchev–Trinajstić information content (AvgIpc) is 1.54. The number of fused-ring (bicyclic) bond motifs is 3. The van der Waals surface area contributed by atoms with Crippen LogP contribution < -0.4 is 0 Å². The second kappa shape index (κ2) is 30.3. The maximum atomic E-state index is 12.2. The van der Waals surface area contributed by atoms with Gasteiger partial charge in [-0.3, -0.25) is 9.59 Å². The smallest absolute Gasteiger partial charge is 0.468 e. The van der Waals surface area contributed by atoms with Crippen LogP contribution in [0.3, 0.4) is 0 Å². The van der Waals surface area contributed by atoms with E-state index in [9.17, 15) is 62.3 Å². The summed E-state index contributed by atoms with van der Waals surface area (Å²) in [6.07, 6.45) is 0.730. The fourth-order valence-corrected chi connectivity index (χ4v) is 10.0. The van der Waals surface area contributed by atoms with E-state index in [1.165, 1.54) is 27.9 Å². The molecule has 0 amide bonds. The molecule has 13 atom stereocenters. The van der Waals surface area contributed by atoms with E-state index < -0.39 is 115 Å². The van der Waals surface area contributed by atoms with Gasteiger partial charge in [-0.1, -0.05) is 32.9 Å². The molecule has 13 unspecified atom stereocenters. The van der Waals surface area contributed by atoms with Gasteiger partial charge in [0.1, 0.15) is 42.7 Å². The number of carbonyl (C=O) groups excluding carboxylic acids is 13. The third kappa shape index (κ3) is 18.2. The number of esters is 11. The molecule has 0 N–H and O–H groups in total. The Morgan fingerprint density at radius 3 is 1.46 bits per heavy atom. The fourth-order valence-electron chi connectivity index (χ4n) is 10.0. The van der Waals surface area contributed by atoms with Crippen molar-refractivity contribution in [1.82, 2.24) is 0 Å². The Hall–Kier alpha value is -8.59. The number of carbonyl (C=O) groups is 13. The number of methoxy groups -OCH3 is 1. The molecule has 9 fully saturated rings. The van der Waals surface area contributed by atoms with Crippen LogP contribution in [0.1, 0.15) is 98.8 Å². The van der Waals surface area contributed by atoms with Crippen LogP contribution in [0, 0.1) is 23.2 Å². The van der Waals surface area contributed by atoms with Crippen molar-refractivity contribution in [3.8, 4) is 0 Å². The van der Waals surface area contributed by atoms with Crippen LogP contribution in [0.25, 0.3) is 0 Å². The predicted octanol–water partition coefficient (Wildman–Crippen LogP) is 3.90. The first-order valence-corrected chi connectivity index (χ1v) is 27.0. The van der Waals surface area contributed by atoms with Crippen LogP contribution in [0.4, 0.5) is 9.59 Å². The topological polar surface area (TPSA) is 360 Å². The van der Waals surface area contributed by atoms with Crippen molar-refractivity contribution in [3.63, 3.8) is 0 Å². The zero-order valence-electron chi connectivity index (χ0n) is 48.0. The van der Waals surface area contributed by atoms with Gasteiger partial charge >= 0.3 is 78.0 Å². The second-order valence-electron chi connectivity index (χ2n) is 21.2. The van der Waals surface area contributed by atoms with E-state index in [2.05, 4.69) is 47.1 Å². The number of ether oxygens (including phenoxy) is 15. The summed E-state index contributed by atoms with van der Waals surface area (Å²) in [5.74, 6) is -6.70. The summed E-state index contributed by atoms with van der Waals surface area (Å²) in [7, 11) is 1.23. The summed E-state index contributed by atoms with van der Waals surface area (Å²) < 4.78 is 73.6. The molecular formula is C57H70O28. The molecule has 9 aliphatic rings. The zero-order valence-corrected chi connectivity index (χ0v) is 48.0. The molecule has 4 aliphatic carbocycles. The highest BCUT2D eigenvalue weighted by atomic mass is 16.8. The third-order valence-corrected chi connectivity index (χ3v) is 14.3. The summed E-state index contributed by atoms with van der Waals surface area (Å²) in [5, 5.41) is 0. The first-order chi connectivity index (χ1) is 40.0. The SMILES string of the molecule is C=C(C)C(=O)OC1CCC2OC(=O)OC2C1.C=C(C)C(=O)OC1CCOC1=O.C=C(C)C(=O)OCC(=O)OC1C2CC3C1OC(=O)C3(C(=O)OC)C2.C=C(C)C(=O)OCC(=O)OC1CCOC1=O.C=C(C)C(=O)OCC1CCC2OC(=O)OC2C1. The highest BCUT2D eigenvalue weighted by molar-refractivity contribution is 6.03. The summed E-state index contributed by atoms with van der Waals surface area (Å²) >= 11 is 0. The Labute approximate surface area is 488 Å². The van der Waals surface area contributed by atoms with Crippen molar-refractivity contribution in [2.45, 2.75) is 154 Å². The normalized spacial score (nSPS) is 28.9. The number of hydrogen-bond acceptors (Lipinski definition) is 28. The van der Waals surface area contributed by atoms with Crippen molar-refractivity contribution in [3.05, 3.63) is 60.8 Å². The molecule has 0 aromatic rings. The standard InChI is InChI=1S/C16H18O8.C12H16O5.C11H14O5.C10H12O6.C8H10O4/c1-7(2)13(18)22-6-10(17)23-11-8-4-9-12(11)24-15(20)16(9,5-8)14(19)21-3;1-7(2)11(13)15-6-8-3-4-9-10(5-8)17-12(14)16-9;1-6(2)10(12)14-7-3-4-8-9(5-7)16-11(13)15-8;1-6(2)9(12)15-5-8(11)16-7-3-4-14-10(7)13;1-5(2)7(9)12-6-3-4-11-8(6)10/h8-9,11-12H,1,4-6H2,2-3H3;8-10H,1,3-6H2,2H3;7-9H,1,3-5H2,2H3;7H,1,3-5H2,2H3;6H,1,3-4H2,2H3. The monoisotopic (exact) mass is 1200 g/mol. The number of cyclic esters (lactones) is 2. The summed E-state index contributed by atoms with van der Waals surface area (Å²) in [6, 6.07) is 0. The van der Waals surface area contributed by atoms with Gasteiger partial charge in [-0.05, 0) is 85.5 Å². The fraction of sp³-hybridized carbons (Fsp3) is 0.596. The molecule has 5 heterocycles. The molecule has 85 heavy (non-hydrogen) atoms. The van der Waals surface area contributed by atoms with E-state index in [0.717, 1.165) is 12.8 Å². The first-order valence-electron chi connectivity index (χ1n) is 27.0. The first kappa shape index (κ1) is 67.2. The van der Waals surface area contributed by atoms with Gasteiger partial charge < -0.3 is 71.1 Å². The Morgan fingerprint density at radius 1 is 0.506 bits per heavy atom. The van der Waals surface area contributed by atoms with Crippen LogP contribution in [0.2, 0.25) is 0 Å². The van der Waals surface area contributed by atoms with Crippen LogP contribution in [-0.4, -0.2) is 173 Å². The number of hydrogen-bond donors (Lipinski definition) is 0. The van der Waals surface area contributed by atoms with Crippen LogP contribution in [-0.2, 0) is 124 Å². The Morgan fingerprint density at radius 2 is 0.965 bits per heavy atom. The van der Waals surface area contributed by atoms with Gasteiger partial charge in [0.25, 0.3) is 0 Å². The van der Waals surface area contributed by atoms with Crippen molar-refractivity contribution >= 4 is 78.0 Å². The quantitative estimate of drug-likeness (QED) is 0.0915. The molecule has 28 nitrogen and oxygen atoms in total. The zero-order chi connectivity index (χ0) is 63.0. The Bertz CT molecular complexity index is 2700. The van der Waals surface area contributed by atoms with E-state index in [-0.39, 0.29) is 84.0 Å². The summed E-state index contributed by atoms with van der Waals surface area (Å²) in [6.45, 7) is 24.7. The van der Waals surface area contributed by atoms with Crippen molar-refractivity contribution in [1.29, 1.82) is 0 Å². The minimum atomic E-state index is -1.26. The maximum Gasteiger partial charge on any atom is 0.509 e. The van der Waals surface area contributed by atoms with Crippen molar-refractivity contribution in [2.24, 2.45) is 23.2 Å². The van der Waals surface area contributed by atoms with Crippen LogP contribution in [0.5, 0.6) is 0 Å². The van der Waals surface area contributed by atoms with Crippen molar-refractivity contribution < 1.29 is 133 Å². The molecule has 466 valence electrons. The molecule has 0 radical (unpaired) electrons. The van der Waals surface area contributed by atoms with Crippen LogP contribution in [0.15, 0.2) is 60.8 Å². The Balaban J connectivity index is 0.000000198. The lowest BCUT2D eigenvalue weighted by Crippen LogP contribution is -2.45. The molecule has 0 aromatic carbocycles. The molecule has 2 bridgehead atoms. The molecule has 5 saturated heterocycles. The molecule has 0 aromatic heterocycles. The molecule has 4 saturated carbocycles. The van der Waals surface area contributed by atoms with Gasteiger partial charge in [-0.15, -0.1) is 0 Å². The lowest BCUT2D eigenvalue weighted by Gasteiger charge is -2.29. The minimum Gasteiger partial charge on any atom is -0.468 e. The van der Waals surface area contributed by atoms with E-state index in [0.29, 0.717) is 69.3 Å². The predicted molar refractivity (Wildman–Crippen MR) is 280 cm³/mol. The molecule has 9 rings (SSSR count). The maximum absolute atomic E-state index is 12.2. The third-order valence-electron chi connectivity index (χ3n) is 14.3. The summed E-state index contributed by atoms with van der Waals surface area (Å²) in [5.41, 5.74) is 0.161. The van der Waals surface area contributed by atoms with E-state index in [1.54, 1.807) is 13.8 Å². The van der Waals surface area contributed by atoms with E-state index >= 15 is 0 Å². The van der Waals surface area contributed by atoms with E-state index in [1.807, 2.05) is 0 Å². The molecular weight excluding hydrogens is 1130 g/mol. The molecule has 0 spiro atoms. The highest BCUT2D eigenvalue weighted by Gasteiger charge is 2.75. The van der Waals surface area contributed by atoms with Gasteiger partial charge in [0.15, 0.2) is 18.6 Å². The van der Waals surface area contributed by atoms with Gasteiger partial charge in [-0.2, -0.15) is 0 Å². The average molecular weight is 1200 g/mol. The lowest BCUT2D eigenvalue weighted by molar-refractivity contribution is -0.168. The largest absolute Gasteiger partial charge is 0.509 e.